The van der Waals surface area contributed by atoms with E-state index in [0.29, 0.717) is 12.5 Å². The summed E-state index contributed by atoms with van der Waals surface area (Å²) in [5.41, 5.74) is 0. The molecule has 45 heavy (non-hydrogen) atoms. The second-order valence-electron chi connectivity index (χ2n) is 14.6. The van der Waals surface area contributed by atoms with Crippen LogP contribution in [-0.4, -0.2) is 98.0 Å². The molecule has 3 aliphatic heterocycles. The molecular weight excluding hydrogens is 574 g/mol. The zero-order valence-corrected chi connectivity index (χ0v) is 29.7. The minimum Gasteiger partial charge on any atom is -0.469 e. The Hall–Kier alpha value is -1.26. The topological polar surface area (TPSA) is 104 Å². The van der Waals surface area contributed by atoms with Crippen LogP contribution in [0.25, 0.3) is 0 Å². The van der Waals surface area contributed by atoms with Gasteiger partial charge in [0.2, 0.25) is 0 Å². The second-order valence-corrected chi connectivity index (χ2v) is 14.6. The van der Waals surface area contributed by atoms with E-state index in [4.69, 9.17) is 23.7 Å². The number of esters is 2. The number of aliphatic hydroxyl groups excluding tert-OH is 1. The van der Waals surface area contributed by atoms with Gasteiger partial charge in [0.05, 0.1) is 61.7 Å². The highest BCUT2D eigenvalue weighted by Gasteiger charge is 2.45. The first-order chi connectivity index (χ1) is 21.4. The Kier molecular flexibility index (Phi) is 15.6. The molecule has 13 atom stereocenters. The van der Waals surface area contributed by atoms with Crippen LogP contribution in [0.2, 0.25) is 0 Å². The van der Waals surface area contributed by atoms with E-state index >= 15 is 0 Å². The Morgan fingerprint density at radius 2 is 1.22 bits per heavy atom. The molecule has 0 aliphatic carbocycles. The maximum atomic E-state index is 13.8. The standard InChI is InChI=1S/C36H65NO8/c1-10-12-26(37(7)8)20-28-14-16-30(42-28)22(3)34(23(4)31-18-19-33(44-31)24(5)35(39)41-9)45-36(40)25(6)32-17-15-29(43-32)21-27(38)13-11-2/h22-34,38H,10-21H2,1-9H3/t22-,23-,24-,25+,26-,27+,28+,29+,30-,31+,32-,33-,34+/m1/s1. The van der Waals surface area contributed by atoms with E-state index < -0.39 is 12.0 Å². The fourth-order valence-corrected chi connectivity index (χ4v) is 7.84. The van der Waals surface area contributed by atoms with E-state index in [1.54, 1.807) is 0 Å². The van der Waals surface area contributed by atoms with Crippen molar-refractivity contribution >= 4 is 11.9 Å². The van der Waals surface area contributed by atoms with E-state index in [1.165, 1.54) is 7.11 Å². The molecule has 262 valence electrons. The molecule has 1 N–H and O–H groups in total. The van der Waals surface area contributed by atoms with Gasteiger partial charge in [-0.2, -0.15) is 0 Å². The molecule has 3 fully saturated rings. The van der Waals surface area contributed by atoms with Crippen LogP contribution in [0.15, 0.2) is 0 Å². The number of methoxy groups -OCH3 is 1. The maximum absolute atomic E-state index is 13.8. The molecule has 0 unspecified atom stereocenters. The van der Waals surface area contributed by atoms with Gasteiger partial charge in [0.15, 0.2) is 0 Å². The third-order valence-electron chi connectivity index (χ3n) is 10.9. The number of hydrogen-bond acceptors (Lipinski definition) is 9. The van der Waals surface area contributed by atoms with Crippen LogP contribution >= 0.6 is 0 Å². The molecule has 0 spiro atoms. The highest BCUT2D eigenvalue weighted by molar-refractivity contribution is 5.73. The van der Waals surface area contributed by atoms with Gasteiger partial charge in [-0.3, -0.25) is 9.59 Å². The van der Waals surface area contributed by atoms with Crippen LogP contribution in [0, 0.1) is 23.7 Å². The minimum atomic E-state index is -0.413. The molecule has 0 aromatic carbocycles. The fourth-order valence-electron chi connectivity index (χ4n) is 7.84. The van der Waals surface area contributed by atoms with Crippen LogP contribution in [0.4, 0.5) is 0 Å². The van der Waals surface area contributed by atoms with Gasteiger partial charge < -0.3 is 33.7 Å². The molecule has 3 aliphatic rings. The minimum absolute atomic E-state index is 0.00616. The first-order valence-electron chi connectivity index (χ1n) is 18.0. The molecule has 0 radical (unpaired) electrons. The van der Waals surface area contributed by atoms with Crippen molar-refractivity contribution in [3.05, 3.63) is 0 Å². The maximum Gasteiger partial charge on any atom is 0.311 e. The Bertz CT molecular complexity index is 900. The van der Waals surface area contributed by atoms with Crippen molar-refractivity contribution in [3.8, 4) is 0 Å². The van der Waals surface area contributed by atoms with Crippen LogP contribution in [0.3, 0.4) is 0 Å². The molecule has 0 aromatic heterocycles. The van der Waals surface area contributed by atoms with E-state index in [2.05, 4.69) is 46.7 Å². The zero-order valence-electron chi connectivity index (χ0n) is 29.7. The number of nitrogens with zero attached hydrogens (tertiary/aromatic N) is 1. The highest BCUT2D eigenvalue weighted by Crippen LogP contribution is 2.39. The van der Waals surface area contributed by atoms with Crippen molar-refractivity contribution in [2.45, 2.75) is 173 Å². The number of carbonyl (C=O) groups is 2. The molecule has 9 heteroatoms. The lowest BCUT2D eigenvalue weighted by Crippen LogP contribution is -2.44. The van der Waals surface area contributed by atoms with Gasteiger partial charge >= 0.3 is 11.9 Å². The third kappa shape index (κ3) is 10.6. The number of carbonyl (C=O) groups excluding carboxylic acids is 2. The summed E-state index contributed by atoms with van der Waals surface area (Å²) in [6.45, 7) is 12.3. The Balaban J connectivity index is 1.70. The first kappa shape index (κ1) is 38.2. The van der Waals surface area contributed by atoms with Gasteiger partial charge in [0.1, 0.15) is 6.10 Å². The second kappa shape index (κ2) is 18.3. The number of ether oxygens (including phenoxy) is 5. The third-order valence-corrected chi connectivity index (χ3v) is 10.9. The largest absolute Gasteiger partial charge is 0.469 e. The van der Waals surface area contributed by atoms with Crippen LogP contribution < -0.4 is 0 Å². The normalized spacial score (nSPS) is 31.7. The van der Waals surface area contributed by atoms with E-state index in [9.17, 15) is 14.7 Å². The molecule has 0 bridgehead atoms. The van der Waals surface area contributed by atoms with Gasteiger partial charge in [0.25, 0.3) is 0 Å². The molecular formula is C36H65NO8. The van der Waals surface area contributed by atoms with Gasteiger partial charge in [-0.25, -0.2) is 0 Å². The quantitative estimate of drug-likeness (QED) is 0.183. The summed E-state index contributed by atoms with van der Waals surface area (Å²) in [7, 11) is 5.70. The summed E-state index contributed by atoms with van der Waals surface area (Å²) in [4.78, 5) is 28.3. The van der Waals surface area contributed by atoms with Gasteiger partial charge in [-0.1, -0.05) is 40.5 Å². The molecule has 9 nitrogen and oxygen atoms in total. The van der Waals surface area contributed by atoms with Gasteiger partial charge in [-0.15, -0.1) is 0 Å². The average molecular weight is 640 g/mol. The highest BCUT2D eigenvalue weighted by atomic mass is 16.6. The van der Waals surface area contributed by atoms with E-state index in [0.717, 1.165) is 70.6 Å². The van der Waals surface area contributed by atoms with E-state index in [1.807, 2.05) is 13.8 Å². The fraction of sp³-hybridized carbons (Fsp3) is 0.944. The molecule has 3 saturated heterocycles. The predicted octanol–water partition coefficient (Wildman–Crippen LogP) is 5.93. The zero-order chi connectivity index (χ0) is 33.3. The summed E-state index contributed by atoms with van der Waals surface area (Å²) in [6, 6.07) is 0.487. The van der Waals surface area contributed by atoms with Crippen molar-refractivity contribution in [1.29, 1.82) is 0 Å². The Morgan fingerprint density at radius 3 is 1.82 bits per heavy atom. The summed E-state index contributed by atoms with van der Waals surface area (Å²) in [6.07, 6.45) is 9.59. The van der Waals surface area contributed by atoms with Crippen molar-refractivity contribution in [2.75, 3.05) is 21.2 Å². The summed E-state index contributed by atoms with van der Waals surface area (Å²) in [5.74, 6) is -1.37. The molecule has 0 saturated carbocycles. The molecule has 3 heterocycles. The monoisotopic (exact) mass is 639 g/mol. The van der Waals surface area contributed by atoms with Gasteiger partial charge in [0, 0.05) is 17.9 Å². The van der Waals surface area contributed by atoms with Crippen molar-refractivity contribution in [3.63, 3.8) is 0 Å². The van der Waals surface area contributed by atoms with Crippen molar-refractivity contribution in [1.82, 2.24) is 4.90 Å². The van der Waals surface area contributed by atoms with Crippen LogP contribution in [-0.2, 0) is 33.3 Å². The lowest BCUT2D eigenvalue weighted by atomic mass is 9.84. The number of aliphatic hydroxyl groups is 1. The lowest BCUT2D eigenvalue weighted by molar-refractivity contribution is -0.173. The summed E-state index contributed by atoms with van der Waals surface area (Å²) < 4.78 is 30.9. The molecule has 3 rings (SSSR count). The summed E-state index contributed by atoms with van der Waals surface area (Å²) >= 11 is 0. The van der Waals surface area contributed by atoms with Gasteiger partial charge in [-0.05, 0) is 92.2 Å². The molecule has 0 amide bonds. The van der Waals surface area contributed by atoms with Crippen LogP contribution in [0.1, 0.15) is 119 Å². The summed E-state index contributed by atoms with van der Waals surface area (Å²) in [5, 5.41) is 10.3. The smallest absolute Gasteiger partial charge is 0.311 e. The predicted molar refractivity (Wildman–Crippen MR) is 175 cm³/mol. The van der Waals surface area contributed by atoms with Crippen LogP contribution in [0.5, 0.6) is 0 Å². The average Bonchev–Trinajstić information content (AvgIpc) is 3.79. The van der Waals surface area contributed by atoms with Crippen molar-refractivity contribution < 1.29 is 38.4 Å². The Labute approximate surface area is 273 Å². The SMILES string of the molecule is CCC[C@H](O)C[C@@H]1CC[C@H]([C@H](C)C(=O)O[C@H]([C@H](C)[C@@H]2CC[C@H]([C@@H](C)C(=O)OC)O2)[C@H](C)[C@H]2CC[C@@H](C[C@@H](CCC)N(C)C)O2)O1. The van der Waals surface area contributed by atoms with E-state index in [-0.39, 0.29) is 72.4 Å². The lowest BCUT2D eigenvalue weighted by Gasteiger charge is -2.36. The Morgan fingerprint density at radius 1 is 0.733 bits per heavy atom. The number of rotatable bonds is 18. The number of hydrogen-bond donors (Lipinski definition) is 1. The van der Waals surface area contributed by atoms with Crippen molar-refractivity contribution in [2.24, 2.45) is 23.7 Å². The molecule has 0 aromatic rings. The first-order valence-corrected chi connectivity index (χ1v) is 18.0.